The molecule has 4 N–H and O–H groups in total. The highest BCUT2D eigenvalue weighted by molar-refractivity contribution is 6.37. The molecule has 0 aromatic heterocycles. The van der Waals surface area contributed by atoms with Crippen LogP contribution in [-0.2, 0) is 20.7 Å². The summed E-state index contributed by atoms with van der Waals surface area (Å²) >= 11 is 0. The van der Waals surface area contributed by atoms with E-state index in [9.17, 15) is 14.7 Å². The molecule has 0 spiro atoms. The molecule has 7 nitrogen and oxygen atoms in total. The molecule has 0 aliphatic heterocycles. The largest absolute Gasteiger partial charge is 0.490 e. The second-order valence-electron chi connectivity index (χ2n) is 6.55. The van der Waals surface area contributed by atoms with E-state index < -0.39 is 23.7 Å². The maximum absolute atomic E-state index is 12.6. The number of amides is 1. The van der Waals surface area contributed by atoms with Crippen LogP contribution < -0.4 is 15.8 Å². The Morgan fingerprint density at radius 1 is 1.33 bits per heavy atom. The first kappa shape index (κ1) is 22.7. The smallest absolute Gasteiger partial charge is 0.326 e. The second kappa shape index (κ2) is 12.1. The third-order valence-electron chi connectivity index (χ3n) is 3.76. The van der Waals surface area contributed by atoms with E-state index in [4.69, 9.17) is 15.1 Å². The topological polar surface area (TPSA) is 111 Å². The van der Waals surface area contributed by atoms with Gasteiger partial charge in [-0.05, 0) is 36.5 Å². The zero-order chi connectivity index (χ0) is 20.2. The van der Waals surface area contributed by atoms with Gasteiger partial charge in [0.1, 0.15) is 18.4 Å². The van der Waals surface area contributed by atoms with Gasteiger partial charge in [-0.2, -0.15) is 0 Å². The molecular formula is C19H28BN2O5. The summed E-state index contributed by atoms with van der Waals surface area (Å²) in [5.74, 6) is -1.30. The molecule has 0 bridgehead atoms. The zero-order valence-corrected chi connectivity index (χ0v) is 15.9. The van der Waals surface area contributed by atoms with Crippen LogP contribution in [0.25, 0.3) is 0 Å². The van der Waals surface area contributed by atoms with Crippen LogP contribution in [-0.4, -0.2) is 43.8 Å². The Bertz CT molecular complexity index is 607. The van der Waals surface area contributed by atoms with Crippen molar-refractivity contribution in [3.8, 4) is 5.75 Å². The van der Waals surface area contributed by atoms with E-state index in [1.807, 2.05) is 26.0 Å². The number of ether oxygens (including phenoxy) is 1. The lowest BCUT2D eigenvalue weighted by atomic mass is 9.75. The number of carboxylic acids is 1. The number of rotatable bonds is 13. The van der Waals surface area contributed by atoms with Crippen molar-refractivity contribution in [3.63, 3.8) is 0 Å². The van der Waals surface area contributed by atoms with Crippen molar-refractivity contribution in [2.45, 2.75) is 38.5 Å². The third kappa shape index (κ3) is 8.75. The molecule has 27 heavy (non-hydrogen) atoms. The van der Waals surface area contributed by atoms with Crippen molar-refractivity contribution >= 4 is 19.4 Å². The van der Waals surface area contributed by atoms with Gasteiger partial charge in [-0.15, -0.1) is 0 Å². The monoisotopic (exact) mass is 375 g/mol. The lowest BCUT2D eigenvalue weighted by Gasteiger charge is -2.21. The highest BCUT2D eigenvalue weighted by atomic mass is 16.5. The quantitative estimate of drug-likeness (QED) is 0.275. The molecule has 0 heterocycles. The molecule has 0 fully saturated rings. The molecule has 1 radical (unpaired) electrons. The minimum absolute atomic E-state index is 0.0630. The molecule has 0 aliphatic rings. The molecule has 1 rings (SSSR count). The molecule has 0 saturated heterocycles. The van der Waals surface area contributed by atoms with Gasteiger partial charge in [0.05, 0.1) is 6.73 Å². The summed E-state index contributed by atoms with van der Waals surface area (Å²) in [6.45, 7) is 7.75. The van der Waals surface area contributed by atoms with Gasteiger partial charge in [-0.1, -0.05) is 38.6 Å². The predicted molar refractivity (Wildman–Crippen MR) is 105 cm³/mol. The van der Waals surface area contributed by atoms with Crippen molar-refractivity contribution in [2.24, 2.45) is 11.7 Å². The summed E-state index contributed by atoms with van der Waals surface area (Å²) < 4.78 is 10.5. The first-order valence-corrected chi connectivity index (χ1v) is 8.88. The SMILES string of the molecule is C=CCOc1ccc(C[C@H]([B]OCN)C(=O)N[C@@H](CC(C)C)C(=O)O)cc1. The van der Waals surface area contributed by atoms with Crippen LogP contribution in [0.2, 0.25) is 5.82 Å². The van der Waals surface area contributed by atoms with E-state index in [0.29, 0.717) is 25.2 Å². The minimum Gasteiger partial charge on any atom is -0.490 e. The van der Waals surface area contributed by atoms with Crippen molar-refractivity contribution in [1.82, 2.24) is 5.32 Å². The predicted octanol–water partition coefficient (Wildman–Crippen LogP) is 1.75. The van der Waals surface area contributed by atoms with Gasteiger partial charge in [0, 0.05) is 5.82 Å². The Hall–Kier alpha value is -2.32. The number of carbonyl (C=O) groups excluding carboxylic acids is 1. The van der Waals surface area contributed by atoms with Crippen LogP contribution in [0.1, 0.15) is 25.8 Å². The van der Waals surface area contributed by atoms with Gasteiger partial charge in [-0.25, -0.2) is 4.79 Å². The molecule has 1 aromatic carbocycles. The summed E-state index contributed by atoms with van der Waals surface area (Å²) in [5.41, 5.74) is 6.23. The maximum atomic E-state index is 12.6. The van der Waals surface area contributed by atoms with E-state index >= 15 is 0 Å². The van der Waals surface area contributed by atoms with Crippen LogP contribution in [0.15, 0.2) is 36.9 Å². The molecule has 0 aliphatic carbocycles. The standard InChI is InChI=1S/C19H28BN2O5/c1-4-9-26-15-7-5-14(6-8-15)11-16(20-27-12-21)18(23)22-17(19(24)25)10-13(2)3/h4-8,13,16-17H,1,9-12,21H2,2-3H3,(H,22,23)(H,24,25)/t16-,17-/m0/s1. The van der Waals surface area contributed by atoms with Gasteiger partial charge in [0.15, 0.2) is 0 Å². The van der Waals surface area contributed by atoms with Crippen molar-refractivity contribution < 1.29 is 24.1 Å². The van der Waals surface area contributed by atoms with E-state index in [1.54, 1.807) is 18.2 Å². The Labute approximate surface area is 161 Å². The fourth-order valence-corrected chi connectivity index (χ4v) is 2.48. The van der Waals surface area contributed by atoms with Crippen molar-refractivity contribution in [3.05, 3.63) is 42.5 Å². The maximum Gasteiger partial charge on any atom is 0.326 e. The van der Waals surface area contributed by atoms with Gasteiger partial charge >= 0.3 is 13.5 Å². The summed E-state index contributed by atoms with van der Waals surface area (Å²) in [6.07, 6.45) is 2.35. The minimum atomic E-state index is -1.06. The van der Waals surface area contributed by atoms with Gasteiger partial charge < -0.3 is 25.5 Å². The first-order valence-electron chi connectivity index (χ1n) is 8.88. The van der Waals surface area contributed by atoms with Crippen molar-refractivity contribution in [2.75, 3.05) is 13.3 Å². The number of nitrogens with two attached hydrogens (primary N) is 1. The number of nitrogens with one attached hydrogen (secondary N) is 1. The van der Waals surface area contributed by atoms with E-state index in [0.717, 1.165) is 5.56 Å². The highest BCUT2D eigenvalue weighted by Gasteiger charge is 2.27. The van der Waals surface area contributed by atoms with Gasteiger partial charge in [0.25, 0.3) is 0 Å². The summed E-state index contributed by atoms with van der Waals surface area (Å²) in [5, 5.41) is 11.9. The molecule has 147 valence electrons. The number of hydrogen-bond acceptors (Lipinski definition) is 5. The number of carboxylic acid groups (broad SMARTS) is 1. The fourth-order valence-electron chi connectivity index (χ4n) is 2.48. The van der Waals surface area contributed by atoms with Crippen molar-refractivity contribution in [1.29, 1.82) is 0 Å². The van der Waals surface area contributed by atoms with Gasteiger partial charge in [0.2, 0.25) is 5.91 Å². The Morgan fingerprint density at radius 2 is 2.00 bits per heavy atom. The van der Waals surface area contributed by atoms with E-state index in [2.05, 4.69) is 11.9 Å². The Kier molecular flexibility index (Phi) is 10.2. The second-order valence-corrected chi connectivity index (χ2v) is 6.55. The molecule has 1 amide bonds. The summed E-state index contributed by atoms with van der Waals surface area (Å²) in [7, 11) is 1.35. The molecular weight excluding hydrogens is 347 g/mol. The lowest BCUT2D eigenvalue weighted by Crippen LogP contribution is -2.44. The Morgan fingerprint density at radius 3 is 2.52 bits per heavy atom. The number of benzene rings is 1. The molecule has 0 saturated carbocycles. The van der Waals surface area contributed by atoms with E-state index in [-0.39, 0.29) is 12.6 Å². The average Bonchev–Trinajstić information content (AvgIpc) is 2.63. The average molecular weight is 375 g/mol. The Balaban J connectivity index is 2.79. The molecule has 0 unspecified atom stereocenters. The first-order chi connectivity index (χ1) is 12.9. The lowest BCUT2D eigenvalue weighted by molar-refractivity contribution is -0.142. The normalized spacial score (nSPS) is 12.9. The zero-order valence-electron chi connectivity index (χ0n) is 15.9. The third-order valence-corrected chi connectivity index (χ3v) is 3.76. The van der Waals surface area contributed by atoms with Crippen LogP contribution >= 0.6 is 0 Å². The van der Waals surface area contributed by atoms with Crippen LogP contribution in [0, 0.1) is 5.92 Å². The van der Waals surface area contributed by atoms with Crippen LogP contribution in [0.5, 0.6) is 5.75 Å². The highest BCUT2D eigenvalue weighted by Crippen LogP contribution is 2.19. The fraction of sp³-hybridized carbons (Fsp3) is 0.474. The number of hydrogen-bond donors (Lipinski definition) is 3. The molecule has 8 heteroatoms. The van der Waals surface area contributed by atoms with E-state index in [1.165, 1.54) is 7.48 Å². The van der Waals surface area contributed by atoms with Crippen LogP contribution in [0.3, 0.4) is 0 Å². The van der Waals surface area contributed by atoms with Gasteiger partial charge in [-0.3, -0.25) is 4.79 Å². The molecule has 1 aromatic rings. The summed E-state index contributed by atoms with van der Waals surface area (Å²) in [6, 6.07) is 6.35. The summed E-state index contributed by atoms with van der Waals surface area (Å²) in [4.78, 5) is 24.0. The number of aliphatic carboxylic acids is 1. The number of carbonyl (C=O) groups is 2. The van der Waals surface area contributed by atoms with Crippen LogP contribution in [0.4, 0.5) is 0 Å². The molecule has 2 atom stereocenters.